The molecule has 0 aliphatic carbocycles. The molecule has 132 valence electrons. The number of halogens is 11. The van der Waals surface area contributed by atoms with Crippen molar-refractivity contribution in [2.24, 2.45) is 0 Å². The van der Waals surface area contributed by atoms with Gasteiger partial charge in [0.1, 0.15) is 0 Å². The molecular weight excluding hydrogens is 345 g/mol. The van der Waals surface area contributed by atoms with E-state index in [9.17, 15) is 48.3 Å². The Bertz CT molecular complexity index is 410. The third-order valence-corrected chi connectivity index (χ3v) is 2.32. The van der Waals surface area contributed by atoms with Crippen molar-refractivity contribution in [3.63, 3.8) is 0 Å². The zero-order valence-electron chi connectivity index (χ0n) is 10.7. The lowest BCUT2D eigenvalue weighted by Gasteiger charge is -2.32. The van der Waals surface area contributed by atoms with E-state index in [1.807, 2.05) is 0 Å². The maximum atomic E-state index is 12.9. The Hall–Kier alpha value is -1.23. The first-order valence-electron chi connectivity index (χ1n) is 5.53. The fourth-order valence-corrected chi connectivity index (χ4v) is 1.01. The largest absolute Gasteiger partial charge is 0.469 e. The highest BCUT2D eigenvalue weighted by Crippen LogP contribution is 2.55. The van der Waals surface area contributed by atoms with E-state index in [2.05, 4.69) is 4.74 Å². The van der Waals surface area contributed by atoms with Gasteiger partial charge in [-0.1, -0.05) is 13.3 Å². The van der Waals surface area contributed by atoms with Crippen LogP contribution < -0.4 is 0 Å². The second-order valence-electron chi connectivity index (χ2n) is 4.01. The summed E-state index contributed by atoms with van der Waals surface area (Å²) in [4.78, 5) is 0. The van der Waals surface area contributed by atoms with Crippen LogP contribution in [0.4, 0.5) is 48.3 Å². The van der Waals surface area contributed by atoms with Gasteiger partial charge < -0.3 is 4.74 Å². The highest BCUT2D eigenvalue weighted by molar-refractivity contribution is 5.16. The minimum absolute atomic E-state index is 0.0403. The number of unbranched alkanes of at least 4 members (excludes halogenated alkanes) is 1. The van der Waals surface area contributed by atoms with Crippen LogP contribution in [0.1, 0.15) is 19.8 Å². The molecule has 0 aromatic rings. The fraction of sp³-hybridized carbons (Fsp3) is 0.800. The topological polar surface area (TPSA) is 9.23 Å². The van der Waals surface area contributed by atoms with Crippen molar-refractivity contribution >= 4 is 0 Å². The van der Waals surface area contributed by atoms with Crippen LogP contribution in [0.3, 0.4) is 0 Å². The zero-order valence-corrected chi connectivity index (χ0v) is 10.7. The molecule has 22 heavy (non-hydrogen) atoms. The summed E-state index contributed by atoms with van der Waals surface area (Å²) in [6.45, 7) is 0.723. The highest BCUT2D eigenvalue weighted by Gasteiger charge is 2.83. The molecular formula is C10H9F11O. The number of rotatable bonds is 7. The average molecular weight is 354 g/mol. The molecule has 0 unspecified atom stereocenters. The molecule has 0 aliphatic rings. The number of ether oxygens (including phenoxy) is 1. The first kappa shape index (κ1) is 20.8. The maximum Gasteiger partial charge on any atom is 0.460 e. The Balaban J connectivity index is 5.65. The van der Waals surface area contributed by atoms with E-state index in [-0.39, 0.29) is 12.8 Å². The lowest BCUT2D eigenvalue weighted by Crippen LogP contribution is -2.61. The minimum atomic E-state index is -7.30. The Labute approximate surface area is 116 Å². The molecule has 0 aliphatic heterocycles. The minimum Gasteiger partial charge on any atom is -0.469 e. The van der Waals surface area contributed by atoms with Gasteiger partial charge in [0.2, 0.25) is 5.83 Å². The van der Waals surface area contributed by atoms with Gasteiger partial charge in [-0.25, -0.2) is 0 Å². The smallest absolute Gasteiger partial charge is 0.460 e. The van der Waals surface area contributed by atoms with Crippen LogP contribution >= 0.6 is 0 Å². The van der Waals surface area contributed by atoms with Gasteiger partial charge >= 0.3 is 30.0 Å². The van der Waals surface area contributed by atoms with E-state index in [0.29, 0.717) is 0 Å². The van der Waals surface area contributed by atoms with Gasteiger partial charge in [0.05, 0.1) is 6.61 Å². The summed E-state index contributed by atoms with van der Waals surface area (Å²) >= 11 is 0. The zero-order chi connectivity index (χ0) is 18.0. The molecule has 0 rings (SSSR count). The Kier molecular flexibility index (Phi) is 6.12. The molecule has 0 N–H and O–H groups in total. The lowest BCUT2D eigenvalue weighted by atomic mass is 10.0. The molecule has 0 amide bonds. The fourth-order valence-electron chi connectivity index (χ4n) is 1.01. The second kappa shape index (κ2) is 6.49. The third-order valence-electron chi connectivity index (χ3n) is 2.32. The van der Waals surface area contributed by atoms with E-state index in [4.69, 9.17) is 0 Å². The van der Waals surface area contributed by atoms with Crippen molar-refractivity contribution in [2.75, 3.05) is 6.61 Å². The summed E-state index contributed by atoms with van der Waals surface area (Å²) in [7, 11) is 0. The van der Waals surface area contributed by atoms with Crippen LogP contribution in [0.5, 0.6) is 0 Å². The van der Waals surface area contributed by atoms with Crippen molar-refractivity contribution in [1.29, 1.82) is 0 Å². The van der Waals surface area contributed by atoms with E-state index < -0.39 is 42.4 Å². The van der Waals surface area contributed by atoms with Gasteiger partial charge in [-0.15, -0.1) is 0 Å². The normalized spacial score (nSPS) is 15.6. The first-order chi connectivity index (χ1) is 9.64. The van der Waals surface area contributed by atoms with Crippen LogP contribution in [-0.2, 0) is 4.74 Å². The van der Waals surface area contributed by atoms with Crippen LogP contribution in [0.25, 0.3) is 0 Å². The monoisotopic (exact) mass is 354 g/mol. The van der Waals surface area contributed by atoms with E-state index in [0.717, 1.165) is 0 Å². The van der Waals surface area contributed by atoms with Gasteiger partial charge in [0.15, 0.2) is 0 Å². The van der Waals surface area contributed by atoms with E-state index in [1.165, 1.54) is 6.92 Å². The standard InChI is InChI=1S/C10H9F11O/c1-2-3-4-22-6(12)5(11)7(13,14)8(15,16)9(17,18)10(19,20)21/h2-4H2,1H3. The predicted octanol–water partition coefficient (Wildman–Crippen LogP) is 5.38. The van der Waals surface area contributed by atoms with Crippen LogP contribution in [0.2, 0.25) is 0 Å². The second-order valence-corrected chi connectivity index (χ2v) is 4.01. The molecule has 0 aromatic heterocycles. The molecule has 0 atom stereocenters. The van der Waals surface area contributed by atoms with Gasteiger partial charge in [0, 0.05) is 0 Å². The SMILES string of the molecule is CCCCOC(F)=C(F)C(F)(F)C(F)(F)C(F)(F)C(F)(F)F. The molecule has 0 spiro atoms. The molecule has 0 aromatic carbocycles. The van der Waals surface area contributed by atoms with Gasteiger partial charge in [-0.2, -0.15) is 48.3 Å². The Morgan fingerprint density at radius 1 is 0.818 bits per heavy atom. The van der Waals surface area contributed by atoms with E-state index in [1.54, 1.807) is 0 Å². The number of hydrogen-bond donors (Lipinski definition) is 0. The summed E-state index contributed by atoms with van der Waals surface area (Å²) in [6.07, 6.45) is -6.87. The van der Waals surface area contributed by atoms with Crippen molar-refractivity contribution in [2.45, 2.75) is 43.7 Å². The Morgan fingerprint density at radius 2 is 1.27 bits per heavy atom. The molecule has 0 fully saturated rings. The molecule has 0 saturated carbocycles. The van der Waals surface area contributed by atoms with Crippen LogP contribution in [0, 0.1) is 0 Å². The van der Waals surface area contributed by atoms with Gasteiger partial charge in [-0.05, 0) is 6.42 Å². The summed E-state index contributed by atoms with van der Waals surface area (Å²) in [5.41, 5.74) is 0. The molecule has 0 bridgehead atoms. The van der Waals surface area contributed by atoms with Crippen LogP contribution in [-0.4, -0.2) is 30.6 Å². The quantitative estimate of drug-likeness (QED) is 0.339. The third kappa shape index (κ3) is 3.57. The van der Waals surface area contributed by atoms with Crippen molar-refractivity contribution < 1.29 is 53.0 Å². The first-order valence-corrected chi connectivity index (χ1v) is 5.53. The number of hydrogen-bond acceptors (Lipinski definition) is 1. The van der Waals surface area contributed by atoms with Crippen LogP contribution in [0.15, 0.2) is 11.8 Å². The van der Waals surface area contributed by atoms with Crippen molar-refractivity contribution in [3.8, 4) is 0 Å². The average Bonchev–Trinajstić information content (AvgIpc) is 2.36. The molecule has 1 nitrogen and oxygen atoms in total. The lowest BCUT2D eigenvalue weighted by molar-refractivity contribution is -0.392. The summed E-state index contributed by atoms with van der Waals surface area (Å²) in [5.74, 6) is -25.2. The number of allylic oxidation sites excluding steroid dienone is 1. The maximum absolute atomic E-state index is 12.9. The van der Waals surface area contributed by atoms with E-state index >= 15 is 0 Å². The van der Waals surface area contributed by atoms with Crippen molar-refractivity contribution in [1.82, 2.24) is 0 Å². The summed E-state index contributed by atoms with van der Waals surface area (Å²) in [5, 5.41) is 0. The van der Waals surface area contributed by atoms with Gasteiger partial charge in [-0.3, -0.25) is 0 Å². The molecule has 12 heteroatoms. The Morgan fingerprint density at radius 3 is 1.64 bits per heavy atom. The predicted molar refractivity (Wildman–Crippen MR) is 51.0 cm³/mol. The molecule has 0 saturated heterocycles. The number of alkyl halides is 9. The van der Waals surface area contributed by atoms with Crippen molar-refractivity contribution in [3.05, 3.63) is 11.8 Å². The molecule has 0 radical (unpaired) electrons. The summed E-state index contributed by atoms with van der Waals surface area (Å²) < 4.78 is 141. The van der Waals surface area contributed by atoms with Gasteiger partial charge in [0.25, 0.3) is 0 Å². The highest BCUT2D eigenvalue weighted by atomic mass is 19.4. The molecule has 0 heterocycles. The summed E-state index contributed by atoms with van der Waals surface area (Å²) in [6, 6.07) is -2.99.